The highest BCUT2D eigenvalue weighted by Gasteiger charge is 2.45. The predicted molar refractivity (Wildman–Crippen MR) is 251 cm³/mol. The van der Waals surface area contributed by atoms with Gasteiger partial charge < -0.3 is 14.7 Å². The van der Waals surface area contributed by atoms with Gasteiger partial charge in [-0.25, -0.2) is 0 Å². The van der Waals surface area contributed by atoms with Crippen LogP contribution in [0.4, 0.5) is 51.2 Å². The van der Waals surface area contributed by atoms with Crippen molar-refractivity contribution in [3.8, 4) is 0 Å². The molecule has 0 saturated heterocycles. The molecule has 0 radical (unpaired) electrons. The average Bonchev–Trinajstić information content (AvgIpc) is 3.19. The molecule has 7 aromatic carbocycles. The lowest BCUT2D eigenvalue weighted by atomic mass is 9.33. The molecule has 0 saturated carbocycles. The fourth-order valence-electron chi connectivity index (χ4n) is 9.36. The Bertz CT molecular complexity index is 2550. The fourth-order valence-corrected chi connectivity index (χ4v) is 9.36. The molecule has 9 rings (SSSR count). The molecule has 288 valence electrons. The van der Waals surface area contributed by atoms with Crippen molar-refractivity contribution in [1.29, 1.82) is 0 Å². The molecule has 7 aromatic rings. The summed E-state index contributed by atoms with van der Waals surface area (Å²) in [5.41, 5.74) is 22.4. The van der Waals surface area contributed by atoms with Crippen molar-refractivity contribution in [2.24, 2.45) is 0 Å². The minimum atomic E-state index is -0.0181. The van der Waals surface area contributed by atoms with E-state index >= 15 is 0 Å². The van der Waals surface area contributed by atoms with E-state index in [1.165, 1.54) is 83.9 Å². The number of benzene rings is 7. The van der Waals surface area contributed by atoms with Gasteiger partial charge in [0, 0.05) is 45.5 Å². The van der Waals surface area contributed by atoms with Gasteiger partial charge in [-0.05, 0) is 137 Å². The Labute approximate surface area is 346 Å². The van der Waals surface area contributed by atoms with Gasteiger partial charge in [-0.15, -0.1) is 0 Å². The van der Waals surface area contributed by atoms with Crippen molar-refractivity contribution >= 4 is 74.3 Å². The van der Waals surface area contributed by atoms with Crippen LogP contribution >= 0.6 is 0 Å². The molecule has 0 aliphatic carbocycles. The lowest BCUT2D eigenvalue weighted by molar-refractivity contribution is 0.590. The molecule has 4 heteroatoms. The molecule has 58 heavy (non-hydrogen) atoms. The zero-order chi connectivity index (χ0) is 40.7. The van der Waals surface area contributed by atoms with Crippen LogP contribution in [-0.4, -0.2) is 6.71 Å². The van der Waals surface area contributed by atoms with Crippen molar-refractivity contribution in [3.05, 3.63) is 179 Å². The number of anilines is 9. The SMILES string of the molecule is Cc1ccccc1N1c2cc(N(c3cccc(C(C)(C)C)c3)c3cccc(C(C)(C)C)c3)cc3c2B(c2cccc(C)c21)c1cccc(C)c1N3c1ccccc1C. The first-order valence-corrected chi connectivity index (χ1v) is 20.8. The van der Waals surface area contributed by atoms with Crippen LogP contribution in [-0.2, 0) is 10.8 Å². The third kappa shape index (κ3) is 6.13. The van der Waals surface area contributed by atoms with Crippen molar-refractivity contribution in [2.45, 2.75) is 80.1 Å². The van der Waals surface area contributed by atoms with Crippen LogP contribution in [0.1, 0.15) is 74.9 Å². The molecule has 0 atom stereocenters. The Morgan fingerprint density at radius 1 is 0.397 bits per heavy atom. The van der Waals surface area contributed by atoms with Gasteiger partial charge in [0.2, 0.25) is 0 Å². The average molecular weight is 756 g/mol. The Morgan fingerprint density at radius 3 is 1.21 bits per heavy atom. The normalized spacial score (nSPS) is 13.2. The minimum absolute atomic E-state index is 0.0181. The van der Waals surface area contributed by atoms with E-state index in [4.69, 9.17) is 0 Å². The van der Waals surface area contributed by atoms with E-state index in [1.807, 2.05) is 0 Å². The summed E-state index contributed by atoms with van der Waals surface area (Å²) in [4.78, 5) is 7.65. The maximum absolute atomic E-state index is 2.57. The van der Waals surface area contributed by atoms with Gasteiger partial charge in [0.25, 0.3) is 6.71 Å². The summed E-state index contributed by atoms with van der Waals surface area (Å²) in [6.07, 6.45) is 0. The topological polar surface area (TPSA) is 9.72 Å². The Morgan fingerprint density at radius 2 is 0.793 bits per heavy atom. The maximum atomic E-state index is 2.57. The molecule has 0 aromatic heterocycles. The summed E-state index contributed by atoms with van der Waals surface area (Å²) in [6, 6.07) is 54.9. The van der Waals surface area contributed by atoms with Gasteiger partial charge in [0.15, 0.2) is 0 Å². The van der Waals surface area contributed by atoms with Crippen LogP contribution in [0.3, 0.4) is 0 Å². The van der Waals surface area contributed by atoms with Crippen molar-refractivity contribution in [3.63, 3.8) is 0 Å². The smallest absolute Gasteiger partial charge is 0.252 e. The second-order valence-electron chi connectivity index (χ2n) is 18.5. The molecule has 0 N–H and O–H groups in total. The van der Waals surface area contributed by atoms with Gasteiger partial charge in [-0.3, -0.25) is 0 Å². The molecule has 0 spiro atoms. The largest absolute Gasteiger partial charge is 0.311 e. The first-order chi connectivity index (χ1) is 27.7. The third-order valence-corrected chi connectivity index (χ3v) is 12.4. The standard InChI is InChI=1S/C54H54BN3/c1-35-19-11-13-29-46(35)57-48-33-43(56(41-25-17-23-39(31-41)53(5,6)7)42-26-18-24-40(32-42)54(8,9)10)34-49-50(48)55(44-27-15-21-37(3)51(44)57)45-28-16-22-38(4)52(45)58(49)47-30-14-12-20-36(47)2/h11-34H,1-10H3. The Hall–Kier alpha value is -6.00. The third-order valence-electron chi connectivity index (χ3n) is 12.4. The summed E-state index contributed by atoms with van der Waals surface area (Å²) < 4.78 is 0. The number of rotatable bonds is 5. The fraction of sp³-hybridized carbons (Fsp3) is 0.222. The molecule has 3 nitrogen and oxygen atoms in total. The summed E-state index contributed by atoms with van der Waals surface area (Å²) in [5.74, 6) is 0. The number of hydrogen-bond acceptors (Lipinski definition) is 3. The summed E-state index contributed by atoms with van der Waals surface area (Å²) in [7, 11) is 0. The van der Waals surface area contributed by atoms with Crippen molar-refractivity contribution < 1.29 is 0 Å². The molecule has 0 fully saturated rings. The number of nitrogens with zero attached hydrogens (tertiary/aromatic N) is 3. The van der Waals surface area contributed by atoms with Gasteiger partial charge >= 0.3 is 0 Å². The van der Waals surface area contributed by atoms with E-state index in [9.17, 15) is 0 Å². The molecule has 0 amide bonds. The Balaban J connectivity index is 1.45. The number of para-hydroxylation sites is 4. The van der Waals surface area contributed by atoms with Crippen LogP contribution in [0.2, 0.25) is 0 Å². The molecule has 2 aliphatic heterocycles. The van der Waals surface area contributed by atoms with Crippen LogP contribution in [0.15, 0.2) is 146 Å². The predicted octanol–water partition coefficient (Wildman–Crippen LogP) is 13.1. The lowest BCUT2D eigenvalue weighted by Crippen LogP contribution is -2.61. The van der Waals surface area contributed by atoms with E-state index in [2.05, 4.69) is 230 Å². The molecular weight excluding hydrogens is 701 g/mol. The monoisotopic (exact) mass is 755 g/mol. The van der Waals surface area contributed by atoms with Crippen LogP contribution < -0.4 is 31.1 Å². The number of hydrogen-bond donors (Lipinski definition) is 0. The number of aryl methyl sites for hydroxylation is 4. The molecular formula is C54H54BN3. The second-order valence-corrected chi connectivity index (χ2v) is 18.5. The van der Waals surface area contributed by atoms with E-state index in [-0.39, 0.29) is 17.5 Å². The quantitative estimate of drug-likeness (QED) is 0.162. The lowest BCUT2D eigenvalue weighted by Gasteiger charge is -2.46. The van der Waals surface area contributed by atoms with Crippen molar-refractivity contribution in [1.82, 2.24) is 0 Å². The minimum Gasteiger partial charge on any atom is -0.311 e. The highest BCUT2D eigenvalue weighted by Crippen LogP contribution is 2.50. The van der Waals surface area contributed by atoms with E-state index in [0.29, 0.717) is 0 Å². The molecule has 2 heterocycles. The second kappa shape index (κ2) is 13.8. The van der Waals surface area contributed by atoms with Crippen LogP contribution in [0.5, 0.6) is 0 Å². The first kappa shape index (κ1) is 37.6. The van der Waals surface area contributed by atoms with Gasteiger partial charge in [0.05, 0.1) is 5.69 Å². The first-order valence-electron chi connectivity index (χ1n) is 20.8. The van der Waals surface area contributed by atoms with Gasteiger partial charge in [-0.2, -0.15) is 0 Å². The summed E-state index contributed by atoms with van der Waals surface area (Å²) >= 11 is 0. The zero-order valence-electron chi connectivity index (χ0n) is 35.8. The molecule has 2 aliphatic rings. The number of fused-ring (bicyclic) bond motifs is 4. The van der Waals surface area contributed by atoms with Crippen molar-refractivity contribution in [2.75, 3.05) is 14.7 Å². The van der Waals surface area contributed by atoms with Crippen LogP contribution in [0, 0.1) is 27.7 Å². The summed E-state index contributed by atoms with van der Waals surface area (Å²) in [5, 5.41) is 0. The summed E-state index contributed by atoms with van der Waals surface area (Å²) in [6.45, 7) is 22.9. The zero-order valence-corrected chi connectivity index (χ0v) is 35.8. The maximum Gasteiger partial charge on any atom is 0.252 e. The highest BCUT2D eigenvalue weighted by molar-refractivity contribution is 7.00. The van der Waals surface area contributed by atoms with Gasteiger partial charge in [-0.1, -0.05) is 139 Å². The van der Waals surface area contributed by atoms with E-state index in [1.54, 1.807) is 0 Å². The van der Waals surface area contributed by atoms with E-state index in [0.717, 1.165) is 17.1 Å². The van der Waals surface area contributed by atoms with Crippen LogP contribution in [0.25, 0.3) is 0 Å². The van der Waals surface area contributed by atoms with Gasteiger partial charge in [0.1, 0.15) is 0 Å². The van der Waals surface area contributed by atoms with E-state index < -0.39 is 0 Å². The molecule has 0 unspecified atom stereocenters. The molecule has 0 bridgehead atoms. The Kier molecular flexibility index (Phi) is 8.96. The highest BCUT2D eigenvalue weighted by atomic mass is 15.2.